The van der Waals surface area contributed by atoms with E-state index in [-0.39, 0.29) is 11.7 Å². The van der Waals surface area contributed by atoms with Gasteiger partial charge in [0.1, 0.15) is 17.4 Å². The van der Waals surface area contributed by atoms with Crippen molar-refractivity contribution in [3.05, 3.63) is 94.0 Å². The molecule has 1 N–H and O–H groups in total. The van der Waals surface area contributed by atoms with E-state index in [1.165, 1.54) is 23.1 Å². The van der Waals surface area contributed by atoms with Gasteiger partial charge < -0.3 is 4.74 Å². The summed E-state index contributed by atoms with van der Waals surface area (Å²) in [4.78, 5) is 12.1. The third kappa shape index (κ3) is 7.04. The second kappa shape index (κ2) is 12.0. The highest BCUT2D eigenvalue weighted by atomic mass is 35.5. The van der Waals surface area contributed by atoms with Gasteiger partial charge in [-0.3, -0.25) is 4.79 Å². The van der Waals surface area contributed by atoms with Crippen molar-refractivity contribution in [2.45, 2.75) is 10.9 Å². The largest absolute Gasteiger partial charge is 0.489 e. The maximum atomic E-state index is 12.1. The molecule has 0 aliphatic rings. The predicted octanol–water partition coefficient (Wildman–Crippen LogP) is 6.33. The quantitative estimate of drug-likeness (QED) is 0.156. The second-order valence-electron chi connectivity index (χ2n) is 6.91. The van der Waals surface area contributed by atoms with Crippen LogP contribution in [0.3, 0.4) is 0 Å². The van der Waals surface area contributed by atoms with E-state index in [0.717, 1.165) is 26.0 Å². The summed E-state index contributed by atoms with van der Waals surface area (Å²) in [5.41, 5.74) is 5.20. The van der Waals surface area contributed by atoms with Crippen molar-refractivity contribution in [2.75, 3.05) is 5.75 Å². The number of hydrogen-bond acceptors (Lipinski definition) is 7. The molecule has 0 saturated heterocycles. The van der Waals surface area contributed by atoms with Crippen LogP contribution in [-0.4, -0.2) is 28.1 Å². The smallest absolute Gasteiger partial charge is 0.250 e. The Morgan fingerprint density at radius 3 is 2.62 bits per heavy atom. The number of aromatic nitrogens is 2. The molecular weight excluding hydrogens is 511 g/mol. The van der Waals surface area contributed by atoms with E-state index >= 15 is 0 Å². The van der Waals surface area contributed by atoms with E-state index < -0.39 is 0 Å². The number of benzene rings is 3. The summed E-state index contributed by atoms with van der Waals surface area (Å²) >= 11 is 14.8. The van der Waals surface area contributed by atoms with Crippen LogP contribution in [0.5, 0.6) is 5.75 Å². The molecule has 0 bridgehead atoms. The van der Waals surface area contributed by atoms with E-state index in [9.17, 15) is 4.79 Å². The summed E-state index contributed by atoms with van der Waals surface area (Å²) in [6.07, 6.45) is 1.57. The molecule has 10 heteroatoms. The van der Waals surface area contributed by atoms with Crippen molar-refractivity contribution in [1.29, 1.82) is 0 Å². The minimum absolute atomic E-state index is 0.195. The average molecular weight is 529 g/mol. The lowest BCUT2D eigenvalue weighted by molar-refractivity contribution is -0.118. The fourth-order valence-corrected chi connectivity index (χ4v) is 4.87. The molecule has 0 radical (unpaired) electrons. The Bertz CT molecular complexity index is 1280. The summed E-state index contributed by atoms with van der Waals surface area (Å²) in [7, 11) is 0. The number of nitrogens with one attached hydrogen (secondary N) is 1. The molecule has 0 unspecified atom stereocenters. The van der Waals surface area contributed by atoms with Gasteiger partial charge in [0.25, 0.3) is 5.91 Å². The van der Waals surface area contributed by atoms with Gasteiger partial charge in [-0.1, -0.05) is 82.7 Å². The SMILES string of the molecule is O=C(CSc1nnc(-c2ccccc2)s1)NN=Cc1ccc(OCc2ccc(Cl)cc2Cl)cc1. The standard InChI is InChI=1S/C24H18Cl2N4O2S2/c25-19-9-8-18(21(26)12-19)14-32-20-10-6-16(7-11-20)13-27-28-22(31)15-33-24-30-29-23(34-24)17-4-2-1-3-5-17/h1-13H,14-15H2,(H,28,31). The van der Waals surface area contributed by atoms with Gasteiger partial charge in [0.2, 0.25) is 0 Å². The third-order valence-electron chi connectivity index (χ3n) is 4.45. The predicted molar refractivity (Wildman–Crippen MR) is 139 cm³/mol. The number of hydrogen-bond donors (Lipinski definition) is 1. The first-order valence-electron chi connectivity index (χ1n) is 10.1. The second-order valence-corrected chi connectivity index (χ2v) is 9.96. The van der Waals surface area contributed by atoms with Crippen molar-refractivity contribution in [3.8, 4) is 16.3 Å². The number of nitrogens with zero attached hydrogens (tertiary/aromatic N) is 3. The van der Waals surface area contributed by atoms with Crippen molar-refractivity contribution in [1.82, 2.24) is 15.6 Å². The number of hydrazone groups is 1. The summed E-state index contributed by atoms with van der Waals surface area (Å²) in [6, 6.07) is 22.4. The molecule has 6 nitrogen and oxygen atoms in total. The third-order valence-corrected chi connectivity index (χ3v) is 7.14. The number of carbonyl (C=O) groups is 1. The van der Waals surface area contributed by atoms with Crippen molar-refractivity contribution in [2.24, 2.45) is 5.10 Å². The Hall–Kier alpha value is -2.91. The first-order chi connectivity index (χ1) is 16.6. The van der Waals surface area contributed by atoms with Crippen LogP contribution >= 0.6 is 46.3 Å². The van der Waals surface area contributed by atoms with Gasteiger partial charge in [0.15, 0.2) is 4.34 Å². The summed E-state index contributed by atoms with van der Waals surface area (Å²) in [5.74, 6) is 0.661. The highest BCUT2D eigenvalue weighted by molar-refractivity contribution is 8.01. The molecule has 0 spiro atoms. The van der Waals surface area contributed by atoms with Gasteiger partial charge in [-0.2, -0.15) is 5.10 Å². The Kier molecular flexibility index (Phi) is 8.54. The van der Waals surface area contributed by atoms with E-state index in [1.54, 1.807) is 18.3 Å². The Morgan fingerprint density at radius 2 is 1.85 bits per heavy atom. The first-order valence-corrected chi connectivity index (χ1v) is 12.6. The normalized spacial score (nSPS) is 11.0. The number of ether oxygens (including phenoxy) is 1. The lowest BCUT2D eigenvalue weighted by Gasteiger charge is -2.08. The van der Waals surface area contributed by atoms with Gasteiger partial charge in [-0.05, 0) is 42.0 Å². The average Bonchev–Trinajstić information content (AvgIpc) is 3.33. The van der Waals surface area contributed by atoms with Crippen molar-refractivity contribution >= 4 is 58.4 Å². The Labute approximate surface area is 215 Å². The maximum Gasteiger partial charge on any atom is 0.250 e. The van der Waals surface area contributed by atoms with E-state index in [0.29, 0.717) is 22.4 Å². The zero-order chi connectivity index (χ0) is 23.8. The van der Waals surface area contributed by atoms with Gasteiger partial charge in [-0.25, -0.2) is 5.43 Å². The van der Waals surface area contributed by atoms with E-state index in [2.05, 4.69) is 20.7 Å². The lowest BCUT2D eigenvalue weighted by atomic mass is 10.2. The van der Waals surface area contributed by atoms with Crippen LogP contribution < -0.4 is 10.2 Å². The molecule has 1 heterocycles. The maximum absolute atomic E-state index is 12.1. The van der Waals surface area contributed by atoms with E-state index in [1.807, 2.05) is 60.7 Å². The first kappa shape index (κ1) is 24.2. The number of rotatable bonds is 9. The summed E-state index contributed by atoms with van der Waals surface area (Å²) in [6.45, 7) is 0.332. The van der Waals surface area contributed by atoms with Crippen LogP contribution in [0.2, 0.25) is 10.0 Å². The van der Waals surface area contributed by atoms with Gasteiger partial charge in [0.05, 0.1) is 12.0 Å². The molecule has 0 aliphatic carbocycles. The van der Waals surface area contributed by atoms with Crippen LogP contribution in [0.4, 0.5) is 0 Å². The van der Waals surface area contributed by atoms with Gasteiger partial charge >= 0.3 is 0 Å². The Morgan fingerprint density at radius 1 is 1.06 bits per heavy atom. The number of carbonyl (C=O) groups excluding carboxylic acids is 1. The highest BCUT2D eigenvalue weighted by Gasteiger charge is 2.09. The topological polar surface area (TPSA) is 76.5 Å². The van der Waals surface area contributed by atoms with Crippen LogP contribution in [-0.2, 0) is 11.4 Å². The molecule has 3 aromatic carbocycles. The fourth-order valence-electron chi connectivity index (χ4n) is 2.75. The molecule has 0 saturated carbocycles. The molecule has 0 atom stereocenters. The van der Waals surface area contributed by atoms with Crippen LogP contribution in [0.15, 0.2) is 82.2 Å². The summed E-state index contributed by atoms with van der Waals surface area (Å²) < 4.78 is 6.49. The van der Waals surface area contributed by atoms with Crippen LogP contribution in [0.1, 0.15) is 11.1 Å². The zero-order valence-electron chi connectivity index (χ0n) is 17.7. The lowest BCUT2D eigenvalue weighted by Crippen LogP contribution is -2.19. The molecule has 1 aromatic heterocycles. The van der Waals surface area contributed by atoms with Crippen LogP contribution in [0, 0.1) is 0 Å². The van der Waals surface area contributed by atoms with Crippen molar-refractivity contribution < 1.29 is 9.53 Å². The molecule has 4 rings (SSSR count). The molecule has 0 fully saturated rings. The number of thioether (sulfide) groups is 1. The number of amides is 1. The molecule has 1 amide bonds. The minimum Gasteiger partial charge on any atom is -0.489 e. The van der Waals surface area contributed by atoms with Crippen LogP contribution in [0.25, 0.3) is 10.6 Å². The zero-order valence-corrected chi connectivity index (χ0v) is 20.8. The van der Waals surface area contributed by atoms with Gasteiger partial charge in [-0.15, -0.1) is 10.2 Å². The van der Waals surface area contributed by atoms with Crippen molar-refractivity contribution in [3.63, 3.8) is 0 Å². The van der Waals surface area contributed by atoms with E-state index in [4.69, 9.17) is 27.9 Å². The molecule has 0 aliphatic heterocycles. The molecular formula is C24H18Cl2N4O2S2. The molecule has 172 valence electrons. The number of halogens is 2. The highest BCUT2D eigenvalue weighted by Crippen LogP contribution is 2.29. The summed E-state index contributed by atoms with van der Waals surface area (Å²) in [5, 5.41) is 14.3. The fraction of sp³-hybridized carbons (Fsp3) is 0.0833. The minimum atomic E-state index is -0.225. The molecule has 4 aromatic rings. The molecule has 34 heavy (non-hydrogen) atoms. The Balaban J connectivity index is 1.21. The monoisotopic (exact) mass is 528 g/mol. The van der Waals surface area contributed by atoms with Gasteiger partial charge in [0, 0.05) is 21.2 Å².